The van der Waals surface area contributed by atoms with Gasteiger partial charge in [-0.2, -0.15) is 0 Å². The zero-order chi connectivity index (χ0) is 16.6. The molecule has 23 heavy (non-hydrogen) atoms. The molecule has 0 radical (unpaired) electrons. The number of amides is 1. The van der Waals surface area contributed by atoms with Crippen molar-refractivity contribution in [2.75, 3.05) is 13.1 Å². The Morgan fingerprint density at radius 1 is 1.30 bits per heavy atom. The van der Waals surface area contributed by atoms with E-state index >= 15 is 0 Å². The highest BCUT2D eigenvalue weighted by Gasteiger charge is 2.55. The van der Waals surface area contributed by atoms with Crippen LogP contribution in [0.15, 0.2) is 18.2 Å². The second-order valence-corrected chi connectivity index (χ2v) is 7.39. The molecular formula is C17H19Cl2NO3. The third-order valence-electron chi connectivity index (χ3n) is 5.26. The molecule has 3 rings (SSSR count). The number of likely N-dealkylation sites (tertiary alicyclic amines) is 1. The second kappa shape index (κ2) is 6.33. The van der Waals surface area contributed by atoms with Crippen LogP contribution >= 0.6 is 23.2 Å². The van der Waals surface area contributed by atoms with Crippen LogP contribution in [0.2, 0.25) is 10.0 Å². The van der Waals surface area contributed by atoms with Crippen molar-refractivity contribution in [1.29, 1.82) is 0 Å². The molecule has 1 saturated carbocycles. The fraction of sp³-hybridized carbons (Fsp3) is 0.529. The lowest BCUT2D eigenvalue weighted by molar-refractivity contribution is -0.149. The van der Waals surface area contributed by atoms with E-state index in [-0.39, 0.29) is 11.8 Å². The number of carboxylic acid groups (broad SMARTS) is 1. The van der Waals surface area contributed by atoms with Crippen LogP contribution in [0.4, 0.5) is 0 Å². The maximum absolute atomic E-state index is 12.4. The van der Waals surface area contributed by atoms with E-state index in [2.05, 4.69) is 0 Å². The van der Waals surface area contributed by atoms with Gasteiger partial charge in [0.1, 0.15) is 0 Å². The van der Waals surface area contributed by atoms with Gasteiger partial charge in [0, 0.05) is 19.5 Å². The Morgan fingerprint density at radius 2 is 2.09 bits per heavy atom. The molecule has 1 amide bonds. The number of carbonyl (C=O) groups is 2. The maximum atomic E-state index is 12.4. The third-order valence-corrected chi connectivity index (χ3v) is 6.00. The number of carbonyl (C=O) groups excluding carboxylic acids is 1. The largest absolute Gasteiger partial charge is 0.481 e. The SMILES string of the molecule is O=C(CCc1ccc(Cl)c(Cl)c1)N1C[C@@H]2CCC[C@@]2(C(=O)O)C1. The first-order chi connectivity index (χ1) is 10.9. The minimum atomic E-state index is -0.750. The molecule has 1 N–H and O–H groups in total. The van der Waals surface area contributed by atoms with Crippen molar-refractivity contribution in [3.8, 4) is 0 Å². The zero-order valence-corrected chi connectivity index (χ0v) is 14.2. The number of hydrogen-bond acceptors (Lipinski definition) is 2. The lowest BCUT2D eigenvalue weighted by atomic mass is 9.81. The molecule has 0 bridgehead atoms. The Hall–Kier alpha value is -1.26. The van der Waals surface area contributed by atoms with Gasteiger partial charge in [-0.1, -0.05) is 35.7 Å². The minimum Gasteiger partial charge on any atom is -0.481 e. The quantitative estimate of drug-likeness (QED) is 0.896. The predicted octanol–water partition coefficient (Wildman–Crippen LogP) is 3.64. The van der Waals surface area contributed by atoms with Gasteiger partial charge in [0.05, 0.1) is 15.5 Å². The molecule has 4 nitrogen and oxygen atoms in total. The van der Waals surface area contributed by atoms with Gasteiger partial charge in [-0.3, -0.25) is 9.59 Å². The molecule has 0 spiro atoms. The Bertz CT molecular complexity index is 649. The van der Waals surface area contributed by atoms with E-state index in [9.17, 15) is 14.7 Å². The van der Waals surface area contributed by atoms with Gasteiger partial charge in [0.15, 0.2) is 0 Å². The van der Waals surface area contributed by atoms with Crippen molar-refractivity contribution in [1.82, 2.24) is 4.90 Å². The summed E-state index contributed by atoms with van der Waals surface area (Å²) in [5.74, 6) is -0.625. The normalized spacial score (nSPS) is 26.3. The zero-order valence-electron chi connectivity index (χ0n) is 12.7. The predicted molar refractivity (Wildman–Crippen MR) is 88.8 cm³/mol. The summed E-state index contributed by atoms with van der Waals surface area (Å²) in [4.78, 5) is 25.8. The number of aryl methyl sites for hydroxylation is 1. The van der Waals surface area contributed by atoms with Gasteiger partial charge in [0.2, 0.25) is 5.91 Å². The summed E-state index contributed by atoms with van der Waals surface area (Å²) in [5.41, 5.74) is 0.249. The van der Waals surface area contributed by atoms with Gasteiger partial charge in [0.25, 0.3) is 0 Å². The van der Waals surface area contributed by atoms with Crippen LogP contribution in [-0.2, 0) is 16.0 Å². The fourth-order valence-electron chi connectivity index (χ4n) is 3.93. The number of aliphatic carboxylic acids is 1. The summed E-state index contributed by atoms with van der Waals surface area (Å²) in [7, 11) is 0. The van der Waals surface area contributed by atoms with Crippen LogP contribution in [0.1, 0.15) is 31.2 Å². The first-order valence-corrected chi connectivity index (χ1v) is 8.63. The number of halogens is 2. The van der Waals surface area contributed by atoms with E-state index in [1.54, 1.807) is 17.0 Å². The van der Waals surface area contributed by atoms with E-state index in [0.717, 1.165) is 18.4 Å². The van der Waals surface area contributed by atoms with E-state index in [4.69, 9.17) is 23.2 Å². The van der Waals surface area contributed by atoms with Gasteiger partial charge in [-0.15, -0.1) is 0 Å². The Morgan fingerprint density at radius 3 is 2.74 bits per heavy atom. The van der Waals surface area contributed by atoms with Crippen LogP contribution in [0.3, 0.4) is 0 Å². The molecule has 1 aromatic carbocycles. The van der Waals surface area contributed by atoms with Crippen molar-refractivity contribution in [3.05, 3.63) is 33.8 Å². The molecule has 124 valence electrons. The summed E-state index contributed by atoms with van der Waals surface area (Å²) < 4.78 is 0. The van der Waals surface area contributed by atoms with Gasteiger partial charge < -0.3 is 10.0 Å². The number of hydrogen-bond donors (Lipinski definition) is 1. The lowest BCUT2D eigenvalue weighted by Gasteiger charge is -2.23. The second-order valence-electron chi connectivity index (χ2n) is 6.57. The Labute approximate surface area is 145 Å². The van der Waals surface area contributed by atoms with Crippen molar-refractivity contribution >= 4 is 35.1 Å². The molecule has 1 saturated heterocycles. The highest BCUT2D eigenvalue weighted by Crippen LogP contribution is 2.49. The first kappa shape index (κ1) is 16.6. The van der Waals surface area contributed by atoms with E-state index in [1.165, 1.54) is 0 Å². The average molecular weight is 356 g/mol. The van der Waals surface area contributed by atoms with Gasteiger partial charge in [-0.25, -0.2) is 0 Å². The fourth-order valence-corrected chi connectivity index (χ4v) is 4.25. The molecule has 0 aromatic heterocycles. The summed E-state index contributed by atoms with van der Waals surface area (Å²) in [6, 6.07) is 5.36. The topological polar surface area (TPSA) is 57.6 Å². The average Bonchev–Trinajstić information content (AvgIpc) is 3.06. The maximum Gasteiger partial charge on any atom is 0.311 e. The van der Waals surface area contributed by atoms with E-state index in [1.807, 2.05) is 6.07 Å². The number of carboxylic acids is 1. The number of fused-ring (bicyclic) bond motifs is 1. The first-order valence-electron chi connectivity index (χ1n) is 7.87. The van der Waals surface area contributed by atoms with Crippen LogP contribution in [0, 0.1) is 11.3 Å². The molecule has 2 fully saturated rings. The van der Waals surface area contributed by atoms with Crippen molar-refractivity contribution in [3.63, 3.8) is 0 Å². The van der Waals surface area contributed by atoms with Crippen LogP contribution in [0.5, 0.6) is 0 Å². The summed E-state index contributed by atoms with van der Waals surface area (Å²) in [5, 5.41) is 10.6. The number of benzene rings is 1. The minimum absolute atomic E-state index is 0.0195. The van der Waals surface area contributed by atoms with Gasteiger partial charge >= 0.3 is 5.97 Å². The number of rotatable bonds is 4. The molecule has 0 unspecified atom stereocenters. The monoisotopic (exact) mass is 355 g/mol. The summed E-state index contributed by atoms with van der Waals surface area (Å²) >= 11 is 11.9. The van der Waals surface area contributed by atoms with Crippen molar-refractivity contribution < 1.29 is 14.7 Å². The van der Waals surface area contributed by atoms with Crippen LogP contribution in [-0.4, -0.2) is 35.0 Å². The van der Waals surface area contributed by atoms with E-state index in [0.29, 0.717) is 42.4 Å². The highest BCUT2D eigenvalue weighted by molar-refractivity contribution is 6.42. The smallest absolute Gasteiger partial charge is 0.311 e. The summed E-state index contributed by atoms with van der Waals surface area (Å²) in [6.45, 7) is 0.930. The standard InChI is InChI=1S/C17H19Cl2NO3/c18-13-5-3-11(8-14(13)19)4-6-15(21)20-9-12-2-1-7-17(12,10-20)16(22)23/h3,5,8,12H,1-2,4,6-7,9-10H2,(H,22,23)/t12-,17+/m0/s1. The summed E-state index contributed by atoms with van der Waals surface area (Å²) in [6.07, 6.45) is 3.48. The third kappa shape index (κ3) is 3.07. The lowest BCUT2D eigenvalue weighted by Crippen LogP contribution is -2.37. The van der Waals surface area contributed by atoms with Crippen LogP contribution < -0.4 is 0 Å². The van der Waals surface area contributed by atoms with Crippen LogP contribution in [0.25, 0.3) is 0 Å². The Balaban J connectivity index is 1.61. The molecule has 2 atom stereocenters. The molecule has 2 aliphatic rings. The molecule has 1 aromatic rings. The highest BCUT2D eigenvalue weighted by atomic mass is 35.5. The van der Waals surface area contributed by atoms with Crippen molar-refractivity contribution in [2.45, 2.75) is 32.1 Å². The molecule has 1 aliphatic carbocycles. The van der Waals surface area contributed by atoms with Gasteiger partial charge in [-0.05, 0) is 42.9 Å². The molecule has 1 aliphatic heterocycles. The number of nitrogens with zero attached hydrogens (tertiary/aromatic N) is 1. The molecule has 6 heteroatoms. The van der Waals surface area contributed by atoms with Crippen molar-refractivity contribution in [2.24, 2.45) is 11.3 Å². The van der Waals surface area contributed by atoms with E-state index < -0.39 is 11.4 Å². The molecular weight excluding hydrogens is 337 g/mol. The molecule has 1 heterocycles. The Kier molecular flexibility index (Phi) is 4.56.